The van der Waals surface area contributed by atoms with Crippen molar-refractivity contribution in [3.63, 3.8) is 0 Å². The molecule has 0 saturated heterocycles. The van der Waals surface area contributed by atoms with Crippen molar-refractivity contribution in [1.29, 1.82) is 0 Å². The zero-order valence-electron chi connectivity index (χ0n) is 10.3. The van der Waals surface area contributed by atoms with E-state index in [1.165, 1.54) is 12.1 Å². The Morgan fingerprint density at radius 3 is 2.53 bits per heavy atom. The molecule has 0 aliphatic heterocycles. The Morgan fingerprint density at radius 1 is 1.26 bits per heavy atom. The highest BCUT2D eigenvalue weighted by Gasteiger charge is 2.08. The minimum atomic E-state index is -0.617. The lowest BCUT2D eigenvalue weighted by Gasteiger charge is -2.05. The number of rotatable bonds is 4. The van der Waals surface area contributed by atoms with E-state index in [2.05, 4.69) is 9.97 Å². The molecule has 0 amide bonds. The number of nitrogens with two attached hydrogens (primary N) is 1. The molecule has 0 spiro atoms. The van der Waals surface area contributed by atoms with Crippen molar-refractivity contribution in [3.8, 4) is 0 Å². The van der Waals surface area contributed by atoms with Gasteiger partial charge in [-0.25, -0.2) is 18.7 Å². The van der Waals surface area contributed by atoms with Crippen LogP contribution >= 0.6 is 11.8 Å². The Kier molecular flexibility index (Phi) is 4.44. The summed E-state index contributed by atoms with van der Waals surface area (Å²) in [5.74, 6) is -1.22. The molecule has 2 N–H and O–H groups in total. The van der Waals surface area contributed by atoms with Gasteiger partial charge in [0.1, 0.15) is 11.6 Å². The topological polar surface area (TPSA) is 51.8 Å². The summed E-state index contributed by atoms with van der Waals surface area (Å²) in [6.07, 6.45) is 4.02. The molecule has 1 heterocycles. The van der Waals surface area contributed by atoms with Crippen LogP contribution in [0.1, 0.15) is 12.5 Å². The molecule has 19 heavy (non-hydrogen) atoms. The van der Waals surface area contributed by atoms with Gasteiger partial charge >= 0.3 is 0 Å². The normalized spacial score (nSPS) is 12.4. The third kappa shape index (κ3) is 3.97. The van der Waals surface area contributed by atoms with Crippen molar-refractivity contribution >= 4 is 11.8 Å². The van der Waals surface area contributed by atoms with E-state index in [4.69, 9.17) is 5.73 Å². The molecule has 0 radical (unpaired) electrons. The Balaban J connectivity index is 2.10. The van der Waals surface area contributed by atoms with Gasteiger partial charge in [-0.1, -0.05) is 0 Å². The van der Waals surface area contributed by atoms with E-state index in [9.17, 15) is 8.78 Å². The molecule has 100 valence electrons. The number of nitrogens with zero attached hydrogens (tertiary/aromatic N) is 2. The predicted molar refractivity (Wildman–Crippen MR) is 69.9 cm³/mol. The fraction of sp³-hybridized carbons (Fsp3) is 0.231. The van der Waals surface area contributed by atoms with Crippen LogP contribution in [0.3, 0.4) is 0 Å². The average molecular weight is 281 g/mol. The summed E-state index contributed by atoms with van der Waals surface area (Å²) >= 11 is 1.06. The smallest absolute Gasteiger partial charge is 0.192 e. The minimum Gasteiger partial charge on any atom is -0.328 e. The lowest BCUT2D eigenvalue weighted by molar-refractivity contribution is 0.565. The molecule has 0 aliphatic rings. The number of aromatic nitrogens is 2. The lowest BCUT2D eigenvalue weighted by atomic mass is 10.1. The molecule has 0 aliphatic carbocycles. The highest BCUT2D eigenvalue weighted by Crippen LogP contribution is 2.27. The highest BCUT2D eigenvalue weighted by molar-refractivity contribution is 7.99. The summed E-state index contributed by atoms with van der Waals surface area (Å²) in [6.45, 7) is 1.90. The fourth-order valence-electron chi connectivity index (χ4n) is 1.53. The Bertz CT molecular complexity index is 558. The van der Waals surface area contributed by atoms with Gasteiger partial charge in [-0.3, -0.25) is 0 Å². The summed E-state index contributed by atoms with van der Waals surface area (Å²) in [5.41, 5.74) is 6.60. The molecular formula is C13H13F2N3S. The zero-order valence-corrected chi connectivity index (χ0v) is 11.1. The van der Waals surface area contributed by atoms with Gasteiger partial charge in [-0.2, -0.15) is 0 Å². The third-order valence-corrected chi connectivity index (χ3v) is 3.28. The molecule has 3 nitrogen and oxygen atoms in total. The second kappa shape index (κ2) is 6.08. The predicted octanol–water partition coefficient (Wildman–Crippen LogP) is 2.80. The van der Waals surface area contributed by atoms with Gasteiger partial charge in [-0.05, 0) is 42.8 Å². The maximum absolute atomic E-state index is 13.5. The number of hydrogen-bond acceptors (Lipinski definition) is 4. The summed E-state index contributed by atoms with van der Waals surface area (Å²) in [6, 6.07) is 3.45. The van der Waals surface area contributed by atoms with Crippen LogP contribution in [0.2, 0.25) is 0 Å². The van der Waals surface area contributed by atoms with Crippen LogP contribution in [0.5, 0.6) is 0 Å². The molecule has 0 saturated carbocycles. The maximum Gasteiger partial charge on any atom is 0.192 e. The first-order valence-electron chi connectivity index (χ1n) is 5.74. The van der Waals surface area contributed by atoms with E-state index < -0.39 is 11.6 Å². The molecular weight excluding hydrogens is 268 g/mol. The number of hydrogen-bond donors (Lipinski definition) is 1. The van der Waals surface area contributed by atoms with Crippen molar-refractivity contribution in [2.75, 3.05) is 0 Å². The standard InChI is InChI=1S/C13H13F2N3S/c1-8(16)4-9-6-17-13(18-7-9)19-12-3-2-10(14)5-11(12)15/h2-3,5-8H,4,16H2,1H3. The van der Waals surface area contributed by atoms with Crippen molar-refractivity contribution in [2.45, 2.75) is 29.4 Å². The fourth-order valence-corrected chi connectivity index (χ4v) is 2.23. The van der Waals surface area contributed by atoms with Crippen molar-refractivity contribution in [1.82, 2.24) is 9.97 Å². The van der Waals surface area contributed by atoms with Crippen LogP contribution in [-0.2, 0) is 6.42 Å². The van der Waals surface area contributed by atoms with E-state index in [0.29, 0.717) is 16.5 Å². The highest BCUT2D eigenvalue weighted by atomic mass is 32.2. The average Bonchev–Trinajstić information content (AvgIpc) is 2.34. The Labute approximate surface area is 114 Å². The maximum atomic E-state index is 13.5. The van der Waals surface area contributed by atoms with Gasteiger partial charge in [0.25, 0.3) is 0 Å². The first kappa shape index (κ1) is 13.9. The second-order valence-corrected chi connectivity index (χ2v) is 5.24. The van der Waals surface area contributed by atoms with E-state index in [1.807, 2.05) is 6.92 Å². The van der Waals surface area contributed by atoms with E-state index in [0.717, 1.165) is 23.4 Å². The van der Waals surface area contributed by atoms with Crippen LogP contribution in [0.4, 0.5) is 8.78 Å². The molecule has 2 rings (SSSR count). The summed E-state index contributed by atoms with van der Waals surface area (Å²) < 4.78 is 26.2. The molecule has 1 aromatic carbocycles. The van der Waals surface area contributed by atoms with Crippen LogP contribution in [0.25, 0.3) is 0 Å². The van der Waals surface area contributed by atoms with Gasteiger partial charge in [0.05, 0.1) is 4.90 Å². The lowest BCUT2D eigenvalue weighted by Crippen LogP contribution is -2.17. The molecule has 1 atom stereocenters. The van der Waals surface area contributed by atoms with Gasteiger partial charge in [0.15, 0.2) is 5.16 Å². The third-order valence-electron chi connectivity index (χ3n) is 2.33. The Morgan fingerprint density at radius 2 is 1.95 bits per heavy atom. The van der Waals surface area contributed by atoms with E-state index in [-0.39, 0.29) is 6.04 Å². The van der Waals surface area contributed by atoms with Crippen molar-refractivity contribution in [2.24, 2.45) is 5.73 Å². The van der Waals surface area contributed by atoms with Gasteiger partial charge in [-0.15, -0.1) is 0 Å². The van der Waals surface area contributed by atoms with Crippen LogP contribution < -0.4 is 5.73 Å². The molecule has 1 unspecified atom stereocenters. The first-order chi connectivity index (χ1) is 9.04. The van der Waals surface area contributed by atoms with Gasteiger partial charge in [0.2, 0.25) is 0 Å². The monoisotopic (exact) mass is 281 g/mol. The zero-order chi connectivity index (χ0) is 13.8. The Hall–Kier alpha value is -1.53. The van der Waals surface area contributed by atoms with Crippen LogP contribution in [-0.4, -0.2) is 16.0 Å². The summed E-state index contributed by atoms with van der Waals surface area (Å²) in [5, 5.41) is 0.416. The van der Waals surface area contributed by atoms with E-state index >= 15 is 0 Å². The minimum absolute atomic E-state index is 0.0386. The summed E-state index contributed by atoms with van der Waals surface area (Å²) in [7, 11) is 0. The van der Waals surface area contributed by atoms with Gasteiger partial charge in [0, 0.05) is 24.5 Å². The quantitative estimate of drug-likeness (QED) is 0.876. The van der Waals surface area contributed by atoms with Gasteiger partial charge < -0.3 is 5.73 Å². The largest absolute Gasteiger partial charge is 0.328 e. The van der Waals surface area contributed by atoms with Crippen LogP contribution in [0, 0.1) is 11.6 Å². The second-order valence-electron chi connectivity index (χ2n) is 4.23. The SMILES string of the molecule is CC(N)Cc1cnc(Sc2ccc(F)cc2F)nc1. The molecule has 2 aromatic rings. The molecule has 0 bridgehead atoms. The molecule has 1 aromatic heterocycles. The van der Waals surface area contributed by atoms with Crippen molar-refractivity contribution < 1.29 is 8.78 Å². The summed E-state index contributed by atoms with van der Waals surface area (Å²) in [4.78, 5) is 8.55. The first-order valence-corrected chi connectivity index (χ1v) is 6.55. The van der Waals surface area contributed by atoms with Crippen molar-refractivity contribution in [3.05, 3.63) is 47.8 Å². The molecule has 0 fully saturated rings. The van der Waals surface area contributed by atoms with E-state index in [1.54, 1.807) is 12.4 Å². The molecule has 6 heteroatoms. The number of benzene rings is 1. The van der Waals surface area contributed by atoms with Crippen LogP contribution in [0.15, 0.2) is 40.6 Å². The number of halogens is 2.